The van der Waals surface area contributed by atoms with E-state index in [0.29, 0.717) is 23.3 Å². The Labute approximate surface area is 137 Å². The highest BCUT2D eigenvalue weighted by Gasteiger charge is 2.33. The van der Waals surface area contributed by atoms with Crippen molar-refractivity contribution in [2.24, 2.45) is 11.8 Å². The van der Waals surface area contributed by atoms with E-state index in [1.165, 1.54) is 6.92 Å². The van der Waals surface area contributed by atoms with E-state index in [-0.39, 0.29) is 11.8 Å². The zero-order valence-corrected chi connectivity index (χ0v) is 15.0. The third kappa shape index (κ3) is 4.34. The number of amides is 1. The molecule has 1 N–H and O–H groups in total. The molecule has 0 radical (unpaired) electrons. The van der Waals surface area contributed by atoms with Gasteiger partial charge in [0.15, 0.2) is 9.84 Å². The lowest BCUT2D eigenvalue weighted by atomic mass is 9.78. The summed E-state index contributed by atoms with van der Waals surface area (Å²) in [4.78, 5) is 12.4. The molecule has 1 aromatic heterocycles. The summed E-state index contributed by atoms with van der Waals surface area (Å²) in [7, 11) is -3.62. The van der Waals surface area contributed by atoms with Gasteiger partial charge in [0.25, 0.3) is 0 Å². The smallest absolute Gasteiger partial charge is 0.238 e. The number of sulfone groups is 1. The van der Waals surface area contributed by atoms with Gasteiger partial charge in [0.05, 0.1) is 11.4 Å². The van der Waals surface area contributed by atoms with E-state index in [1.807, 2.05) is 0 Å². The minimum Gasteiger partial charge on any atom is -0.361 e. The number of nitrogens with one attached hydrogen (secondary N) is 1. The van der Waals surface area contributed by atoms with E-state index < -0.39 is 21.0 Å². The molecular weight excluding hydrogens is 316 g/mol. The van der Waals surface area contributed by atoms with Crippen molar-refractivity contribution in [3.63, 3.8) is 0 Å². The first-order chi connectivity index (χ1) is 10.7. The number of carbonyl (C=O) groups excluding carboxylic acids is 1. The molecule has 0 saturated heterocycles. The monoisotopic (exact) mass is 342 g/mol. The predicted octanol–water partition coefficient (Wildman–Crippen LogP) is 2.23. The first kappa shape index (κ1) is 18.0. The summed E-state index contributed by atoms with van der Waals surface area (Å²) in [6.45, 7) is 7.43. The molecule has 4 atom stereocenters. The molecule has 1 fully saturated rings. The maximum atomic E-state index is 12.4. The van der Waals surface area contributed by atoms with Gasteiger partial charge >= 0.3 is 0 Å². The second kappa shape index (κ2) is 7.03. The van der Waals surface area contributed by atoms with Crippen LogP contribution >= 0.6 is 0 Å². The van der Waals surface area contributed by atoms with Crippen LogP contribution in [0.1, 0.15) is 51.5 Å². The van der Waals surface area contributed by atoms with E-state index in [4.69, 9.17) is 4.52 Å². The van der Waals surface area contributed by atoms with Crippen LogP contribution in [0.25, 0.3) is 0 Å². The van der Waals surface area contributed by atoms with Crippen LogP contribution in [0.15, 0.2) is 10.6 Å². The molecule has 6 nitrogen and oxygen atoms in total. The van der Waals surface area contributed by atoms with Crippen LogP contribution in [-0.4, -0.2) is 30.8 Å². The average Bonchev–Trinajstić information content (AvgIpc) is 2.87. The van der Waals surface area contributed by atoms with Crippen molar-refractivity contribution in [2.45, 2.75) is 64.0 Å². The number of nitrogens with zero attached hydrogens (tertiary/aromatic N) is 1. The normalized spacial score (nSPS) is 26.7. The standard InChI is InChI=1S/C16H26N2O4S/c1-10-6-5-7-15(12(10)3)17-16(19)13(4)23(20,21)9-14-8-11(2)22-18-14/h8,10,12-13,15H,5-7,9H2,1-4H3,(H,17,19)/t10-,12-,13-,15-/m1/s1. The Morgan fingerprint density at radius 2 is 2.13 bits per heavy atom. The number of aromatic nitrogens is 1. The van der Waals surface area contributed by atoms with E-state index in [9.17, 15) is 13.2 Å². The zero-order chi connectivity index (χ0) is 17.2. The van der Waals surface area contributed by atoms with E-state index in [0.717, 1.165) is 19.3 Å². The summed E-state index contributed by atoms with van der Waals surface area (Å²) < 4.78 is 29.7. The van der Waals surface area contributed by atoms with Crippen molar-refractivity contribution in [1.82, 2.24) is 10.5 Å². The summed E-state index contributed by atoms with van der Waals surface area (Å²) in [5.41, 5.74) is 0.335. The van der Waals surface area contributed by atoms with Crippen molar-refractivity contribution < 1.29 is 17.7 Å². The lowest BCUT2D eigenvalue weighted by molar-refractivity contribution is -0.121. The quantitative estimate of drug-likeness (QED) is 0.886. The molecule has 1 aromatic rings. The lowest BCUT2D eigenvalue weighted by Crippen LogP contribution is -2.48. The molecule has 0 aliphatic heterocycles. The number of hydrogen-bond donors (Lipinski definition) is 1. The molecule has 7 heteroatoms. The Bertz CT molecular complexity index is 653. The van der Waals surface area contributed by atoms with Gasteiger partial charge < -0.3 is 9.84 Å². The number of aryl methyl sites for hydroxylation is 1. The molecule has 0 bridgehead atoms. The first-order valence-electron chi connectivity index (χ1n) is 8.15. The van der Waals surface area contributed by atoms with Crippen LogP contribution in [0.5, 0.6) is 0 Å². The number of hydrogen-bond acceptors (Lipinski definition) is 5. The Kier molecular flexibility index (Phi) is 5.49. The fraction of sp³-hybridized carbons (Fsp3) is 0.750. The van der Waals surface area contributed by atoms with E-state index in [1.54, 1.807) is 13.0 Å². The van der Waals surface area contributed by atoms with Crippen molar-refractivity contribution in [2.75, 3.05) is 0 Å². The SMILES string of the molecule is Cc1cc(CS(=O)(=O)[C@H](C)C(=O)N[C@@H]2CCC[C@@H](C)[C@H]2C)no1. The Morgan fingerprint density at radius 1 is 1.43 bits per heavy atom. The van der Waals surface area contributed by atoms with Gasteiger partial charge in [0, 0.05) is 12.1 Å². The molecule has 0 aromatic carbocycles. The van der Waals surface area contributed by atoms with Crippen molar-refractivity contribution in [1.29, 1.82) is 0 Å². The third-order valence-corrected chi connectivity index (χ3v) is 6.96. The maximum absolute atomic E-state index is 12.4. The summed E-state index contributed by atoms with van der Waals surface area (Å²) in [5.74, 6) is 0.753. The Hall–Kier alpha value is -1.37. The van der Waals surface area contributed by atoms with Gasteiger partial charge in [0.1, 0.15) is 11.0 Å². The van der Waals surface area contributed by atoms with Gasteiger partial charge in [-0.25, -0.2) is 8.42 Å². The van der Waals surface area contributed by atoms with Gasteiger partial charge in [-0.15, -0.1) is 0 Å². The zero-order valence-electron chi connectivity index (χ0n) is 14.2. The topological polar surface area (TPSA) is 89.3 Å². The van der Waals surface area contributed by atoms with Crippen LogP contribution in [0.4, 0.5) is 0 Å². The van der Waals surface area contributed by atoms with Crippen molar-refractivity contribution >= 4 is 15.7 Å². The summed E-state index contributed by atoms with van der Waals surface area (Å²) in [5, 5.41) is 5.53. The summed E-state index contributed by atoms with van der Waals surface area (Å²) >= 11 is 0. The maximum Gasteiger partial charge on any atom is 0.238 e. The van der Waals surface area contributed by atoms with Crippen LogP contribution < -0.4 is 5.32 Å². The summed E-state index contributed by atoms with van der Waals surface area (Å²) in [6, 6.07) is 1.63. The fourth-order valence-electron chi connectivity index (χ4n) is 3.07. The van der Waals surface area contributed by atoms with Gasteiger partial charge in [-0.05, 0) is 32.1 Å². The van der Waals surface area contributed by atoms with E-state index in [2.05, 4.69) is 24.3 Å². The molecule has 1 saturated carbocycles. The molecule has 23 heavy (non-hydrogen) atoms. The van der Waals surface area contributed by atoms with Crippen molar-refractivity contribution in [3.05, 3.63) is 17.5 Å². The van der Waals surface area contributed by atoms with E-state index >= 15 is 0 Å². The van der Waals surface area contributed by atoms with Gasteiger partial charge in [-0.2, -0.15) is 0 Å². The van der Waals surface area contributed by atoms with Crippen molar-refractivity contribution in [3.8, 4) is 0 Å². The van der Waals surface area contributed by atoms with Gasteiger partial charge in [-0.1, -0.05) is 31.8 Å². The average molecular weight is 342 g/mol. The molecule has 1 aliphatic rings. The summed E-state index contributed by atoms with van der Waals surface area (Å²) in [6.07, 6.45) is 3.13. The minimum atomic E-state index is -3.62. The number of carbonyl (C=O) groups is 1. The highest BCUT2D eigenvalue weighted by Crippen LogP contribution is 2.29. The second-order valence-electron chi connectivity index (χ2n) is 6.76. The molecule has 2 rings (SSSR count). The predicted molar refractivity (Wildman–Crippen MR) is 87.4 cm³/mol. The number of rotatable bonds is 5. The second-order valence-corrected chi connectivity index (χ2v) is 9.08. The molecule has 130 valence electrons. The Morgan fingerprint density at radius 3 is 2.74 bits per heavy atom. The van der Waals surface area contributed by atoms with Crippen LogP contribution in [0, 0.1) is 18.8 Å². The van der Waals surface area contributed by atoms with Crippen LogP contribution in [0.2, 0.25) is 0 Å². The molecule has 1 aliphatic carbocycles. The molecular formula is C16H26N2O4S. The van der Waals surface area contributed by atoms with Crippen LogP contribution in [0.3, 0.4) is 0 Å². The molecule has 0 unspecified atom stereocenters. The third-order valence-electron chi connectivity index (χ3n) is 4.97. The lowest BCUT2D eigenvalue weighted by Gasteiger charge is -2.35. The van der Waals surface area contributed by atoms with Crippen LogP contribution in [-0.2, 0) is 20.4 Å². The van der Waals surface area contributed by atoms with Gasteiger partial charge in [0.2, 0.25) is 5.91 Å². The highest BCUT2D eigenvalue weighted by atomic mass is 32.2. The molecule has 0 spiro atoms. The Balaban J connectivity index is 2.00. The largest absolute Gasteiger partial charge is 0.361 e. The highest BCUT2D eigenvalue weighted by molar-refractivity contribution is 7.92. The first-order valence-corrected chi connectivity index (χ1v) is 9.86. The molecule has 1 amide bonds. The van der Waals surface area contributed by atoms with Gasteiger partial charge in [-0.3, -0.25) is 4.79 Å². The fourth-order valence-corrected chi connectivity index (χ4v) is 4.26. The minimum absolute atomic E-state index is 0.0539. The molecule has 1 heterocycles.